The van der Waals surface area contributed by atoms with Crippen LogP contribution in [0.25, 0.3) is 0 Å². The van der Waals surface area contributed by atoms with Gasteiger partial charge in [0, 0.05) is 5.56 Å². The Morgan fingerprint density at radius 1 is 1.29 bits per heavy atom. The van der Waals surface area contributed by atoms with Crippen molar-refractivity contribution in [3.8, 4) is 0 Å². The van der Waals surface area contributed by atoms with E-state index in [-0.39, 0.29) is 11.4 Å². The lowest BCUT2D eigenvalue weighted by atomic mass is 9.95. The number of amides is 2. The molecule has 1 N–H and O–H groups in total. The standard InChI is InChI=1S/C13H16N2O5S/c1-13(2)8-21(18,19)15(12(13)17)10-6-4-9(5-7-10)11(16)14-20-3/h4-7H,8H2,1-3H3,(H,14,16). The van der Waals surface area contributed by atoms with Gasteiger partial charge in [0.05, 0.1) is 24.0 Å². The van der Waals surface area contributed by atoms with Gasteiger partial charge in [-0.1, -0.05) is 0 Å². The van der Waals surface area contributed by atoms with Gasteiger partial charge in [-0.05, 0) is 38.1 Å². The van der Waals surface area contributed by atoms with Gasteiger partial charge in [0.25, 0.3) is 5.91 Å². The van der Waals surface area contributed by atoms with Crippen molar-refractivity contribution in [3.05, 3.63) is 29.8 Å². The van der Waals surface area contributed by atoms with Gasteiger partial charge in [-0.25, -0.2) is 18.2 Å². The van der Waals surface area contributed by atoms with Crippen molar-refractivity contribution in [2.45, 2.75) is 13.8 Å². The van der Waals surface area contributed by atoms with Crippen LogP contribution in [-0.4, -0.2) is 33.1 Å². The minimum atomic E-state index is -3.68. The fraction of sp³-hybridized carbons (Fsp3) is 0.385. The molecule has 0 saturated carbocycles. The second-order valence-corrected chi connectivity index (χ2v) is 7.21. The van der Waals surface area contributed by atoms with Crippen LogP contribution < -0.4 is 9.79 Å². The normalized spacial score (nSPS) is 19.6. The summed E-state index contributed by atoms with van der Waals surface area (Å²) >= 11 is 0. The first-order valence-electron chi connectivity index (χ1n) is 6.20. The summed E-state index contributed by atoms with van der Waals surface area (Å²) in [4.78, 5) is 28.3. The first-order valence-corrected chi connectivity index (χ1v) is 7.81. The Hall–Kier alpha value is -1.93. The molecule has 2 rings (SSSR count). The average molecular weight is 312 g/mol. The van der Waals surface area contributed by atoms with E-state index in [1.54, 1.807) is 13.8 Å². The van der Waals surface area contributed by atoms with Gasteiger partial charge in [0.2, 0.25) is 15.9 Å². The van der Waals surface area contributed by atoms with E-state index < -0.39 is 27.3 Å². The summed E-state index contributed by atoms with van der Waals surface area (Å²) in [5, 5.41) is 0. The highest BCUT2D eigenvalue weighted by Gasteiger charge is 2.49. The molecule has 1 aliphatic rings. The average Bonchev–Trinajstić information content (AvgIpc) is 2.54. The maximum Gasteiger partial charge on any atom is 0.274 e. The maximum atomic E-state index is 12.2. The Morgan fingerprint density at radius 2 is 1.86 bits per heavy atom. The molecular formula is C13H16N2O5S. The van der Waals surface area contributed by atoms with E-state index >= 15 is 0 Å². The molecule has 114 valence electrons. The summed E-state index contributed by atoms with van der Waals surface area (Å²) in [6, 6.07) is 5.69. The molecule has 0 aromatic heterocycles. The number of hydrogen-bond donors (Lipinski definition) is 1. The predicted molar refractivity (Wildman–Crippen MR) is 76.0 cm³/mol. The fourth-order valence-electron chi connectivity index (χ4n) is 2.16. The molecule has 0 radical (unpaired) electrons. The van der Waals surface area contributed by atoms with Crippen molar-refractivity contribution in [2.75, 3.05) is 17.2 Å². The summed E-state index contributed by atoms with van der Waals surface area (Å²) < 4.78 is 25.0. The number of anilines is 1. The van der Waals surface area contributed by atoms with Crippen LogP contribution >= 0.6 is 0 Å². The zero-order chi connectivity index (χ0) is 15.8. The lowest BCUT2D eigenvalue weighted by molar-refractivity contribution is -0.123. The number of carbonyl (C=O) groups excluding carboxylic acids is 2. The highest BCUT2D eigenvalue weighted by molar-refractivity contribution is 7.94. The summed E-state index contributed by atoms with van der Waals surface area (Å²) in [6.45, 7) is 3.18. The van der Waals surface area contributed by atoms with E-state index in [1.165, 1.54) is 31.4 Å². The zero-order valence-electron chi connectivity index (χ0n) is 11.9. The molecule has 1 saturated heterocycles. The molecule has 0 spiro atoms. The van der Waals surface area contributed by atoms with Crippen molar-refractivity contribution >= 4 is 27.5 Å². The lowest BCUT2D eigenvalue weighted by Gasteiger charge is -2.17. The molecule has 1 heterocycles. The van der Waals surface area contributed by atoms with Gasteiger partial charge in [-0.15, -0.1) is 0 Å². The smallest absolute Gasteiger partial charge is 0.274 e. The Balaban J connectivity index is 2.35. The van der Waals surface area contributed by atoms with Crippen molar-refractivity contribution in [2.24, 2.45) is 5.41 Å². The van der Waals surface area contributed by atoms with Gasteiger partial charge in [-0.2, -0.15) is 0 Å². The Morgan fingerprint density at radius 3 is 2.29 bits per heavy atom. The van der Waals surface area contributed by atoms with Crippen LogP contribution in [0, 0.1) is 5.41 Å². The minimum Gasteiger partial charge on any atom is -0.277 e. The third kappa shape index (κ3) is 2.77. The summed E-state index contributed by atoms with van der Waals surface area (Å²) in [7, 11) is -2.37. The van der Waals surface area contributed by atoms with Crippen molar-refractivity contribution < 1.29 is 22.8 Å². The zero-order valence-corrected chi connectivity index (χ0v) is 12.7. The van der Waals surface area contributed by atoms with Crippen LogP contribution in [0.3, 0.4) is 0 Å². The van der Waals surface area contributed by atoms with Crippen LogP contribution in [0.2, 0.25) is 0 Å². The third-order valence-electron chi connectivity index (χ3n) is 3.14. The second-order valence-electron chi connectivity index (χ2n) is 5.39. The number of nitrogens with one attached hydrogen (secondary N) is 1. The number of nitrogens with zero attached hydrogens (tertiary/aromatic N) is 1. The highest BCUT2D eigenvalue weighted by atomic mass is 32.2. The maximum absolute atomic E-state index is 12.2. The van der Waals surface area contributed by atoms with Crippen LogP contribution in [0.15, 0.2) is 24.3 Å². The van der Waals surface area contributed by atoms with Gasteiger partial charge in [0.1, 0.15) is 0 Å². The fourth-order valence-corrected chi connectivity index (χ4v) is 4.27. The van der Waals surface area contributed by atoms with Crippen molar-refractivity contribution in [3.63, 3.8) is 0 Å². The Labute approximate surface area is 122 Å². The largest absolute Gasteiger partial charge is 0.277 e. The van der Waals surface area contributed by atoms with Crippen LogP contribution in [-0.2, 0) is 19.7 Å². The topological polar surface area (TPSA) is 92.8 Å². The molecule has 1 aromatic carbocycles. The van der Waals surface area contributed by atoms with Gasteiger partial charge < -0.3 is 0 Å². The molecule has 7 nitrogen and oxygen atoms in total. The number of hydroxylamine groups is 1. The molecule has 0 atom stereocenters. The van der Waals surface area contributed by atoms with E-state index in [9.17, 15) is 18.0 Å². The quantitative estimate of drug-likeness (QED) is 0.829. The minimum absolute atomic E-state index is 0.222. The Kier molecular flexibility index (Phi) is 3.77. The molecule has 0 bridgehead atoms. The molecule has 1 aromatic rings. The lowest BCUT2D eigenvalue weighted by Crippen LogP contribution is -2.33. The first-order chi connectivity index (χ1) is 9.69. The number of hydrogen-bond acceptors (Lipinski definition) is 5. The van der Waals surface area contributed by atoms with Crippen LogP contribution in [0.1, 0.15) is 24.2 Å². The van der Waals surface area contributed by atoms with E-state index in [0.29, 0.717) is 5.56 Å². The van der Waals surface area contributed by atoms with Gasteiger partial charge >= 0.3 is 0 Å². The highest BCUT2D eigenvalue weighted by Crippen LogP contribution is 2.35. The molecule has 1 aliphatic heterocycles. The number of rotatable bonds is 3. The van der Waals surface area contributed by atoms with E-state index in [2.05, 4.69) is 10.3 Å². The van der Waals surface area contributed by atoms with Crippen LogP contribution in [0.4, 0.5) is 5.69 Å². The summed E-state index contributed by atoms with van der Waals surface area (Å²) in [5.41, 5.74) is 1.71. The van der Waals surface area contributed by atoms with Crippen molar-refractivity contribution in [1.82, 2.24) is 5.48 Å². The second kappa shape index (κ2) is 5.12. The molecule has 1 fully saturated rings. The van der Waals surface area contributed by atoms with Crippen molar-refractivity contribution in [1.29, 1.82) is 0 Å². The first kappa shape index (κ1) is 15.5. The third-order valence-corrected chi connectivity index (χ3v) is 5.16. The Bertz CT molecular complexity index is 679. The molecule has 2 amide bonds. The molecule has 0 unspecified atom stereocenters. The van der Waals surface area contributed by atoms with Gasteiger partial charge in [0.15, 0.2) is 0 Å². The van der Waals surface area contributed by atoms with E-state index in [0.717, 1.165) is 4.31 Å². The monoisotopic (exact) mass is 312 g/mol. The number of carbonyl (C=O) groups is 2. The van der Waals surface area contributed by atoms with E-state index in [4.69, 9.17) is 0 Å². The SMILES string of the molecule is CONC(=O)c1ccc(N2C(=O)C(C)(C)CS2(=O)=O)cc1. The van der Waals surface area contributed by atoms with E-state index in [1.807, 2.05) is 0 Å². The predicted octanol–water partition coefficient (Wildman–Crippen LogP) is 0.680. The number of benzene rings is 1. The molecule has 0 aliphatic carbocycles. The molecular weight excluding hydrogens is 296 g/mol. The summed E-state index contributed by atoms with van der Waals surface area (Å²) in [5.74, 6) is -1.17. The van der Waals surface area contributed by atoms with Crippen LogP contribution in [0.5, 0.6) is 0 Å². The molecule has 8 heteroatoms. The number of sulfonamides is 1. The summed E-state index contributed by atoms with van der Waals surface area (Å²) in [6.07, 6.45) is 0. The molecule has 21 heavy (non-hydrogen) atoms. The van der Waals surface area contributed by atoms with Gasteiger partial charge in [-0.3, -0.25) is 14.4 Å².